The number of nitriles is 2. The Kier molecular flexibility index (Phi) is 4.54. The summed E-state index contributed by atoms with van der Waals surface area (Å²) in [7, 11) is 0. The average Bonchev–Trinajstić information content (AvgIpc) is 2.33. The highest BCUT2D eigenvalue weighted by Gasteiger charge is 2.00. The van der Waals surface area contributed by atoms with E-state index in [-0.39, 0.29) is 11.4 Å². The molecule has 0 aromatic heterocycles. The van der Waals surface area contributed by atoms with E-state index in [9.17, 15) is 0 Å². The molecule has 1 aromatic carbocycles. The van der Waals surface area contributed by atoms with E-state index in [1.165, 1.54) is 6.21 Å². The van der Waals surface area contributed by atoms with Crippen molar-refractivity contribution in [2.24, 2.45) is 10.7 Å². The van der Waals surface area contributed by atoms with Crippen molar-refractivity contribution >= 4 is 29.4 Å². The van der Waals surface area contributed by atoms with Crippen LogP contribution in [0.4, 0.5) is 0 Å². The highest BCUT2D eigenvalue weighted by molar-refractivity contribution is 6.42. The van der Waals surface area contributed by atoms with Crippen molar-refractivity contribution < 1.29 is 0 Å². The maximum atomic E-state index is 8.70. The normalized spacial score (nSPS) is 11.8. The summed E-state index contributed by atoms with van der Waals surface area (Å²) in [5.41, 5.74) is 5.56. The number of benzene rings is 1. The standard InChI is InChI=1S/C11H6Cl2N4/c12-8-2-1-7(3-9(8)13)6-17-11(5-15)10(16)4-14/h1-3,6H,16H2/b11-10+,17-6+. The highest BCUT2D eigenvalue weighted by Crippen LogP contribution is 2.21. The van der Waals surface area contributed by atoms with Crippen LogP contribution < -0.4 is 5.73 Å². The van der Waals surface area contributed by atoms with Crippen LogP contribution in [-0.4, -0.2) is 6.21 Å². The number of halogens is 2. The summed E-state index contributed by atoms with van der Waals surface area (Å²) >= 11 is 11.5. The molecular weight excluding hydrogens is 259 g/mol. The third-order valence-corrected chi connectivity index (χ3v) is 2.51. The van der Waals surface area contributed by atoms with Gasteiger partial charge in [-0.1, -0.05) is 29.3 Å². The molecule has 0 aliphatic rings. The molecule has 6 heteroatoms. The van der Waals surface area contributed by atoms with Gasteiger partial charge in [-0.05, 0) is 17.7 Å². The van der Waals surface area contributed by atoms with Crippen LogP contribution in [0.3, 0.4) is 0 Å². The summed E-state index contributed by atoms with van der Waals surface area (Å²) in [5.74, 6) is 0. The van der Waals surface area contributed by atoms with E-state index in [4.69, 9.17) is 39.5 Å². The van der Waals surface area contributed by atoms with Crippen LogP contribution >= 0.6 is 23.2 Å². The highest BCUT2D eigenvalue weighted by atomic mass is 35.5. The second-order valence-corrected chi connectivity index (χ2v) is 3.73. The molecule has 2 N–H and O–H groups in total. The quantitative estimate of drug-likeness (QED) is 0.658. The van der Waals surface area contributed by atoms with Crippen LogP contribution in [0.5, 0.6) is 0 Å². The molecule has 0 atom stereocenters. The molecule has 0 unspecified atom stereocenters. The van der Waals surface area contributed by atoms with Crippen molar-refractivity contribution in [2.45, 2.75) is 0 Å². The molecule has 0 aliphatic carbocycles. The largest absolute Gasteiger partial charge is 0.388 e. The van der Waals surface area contributed by atoms with Gasteiger partial charge >= 0.3 is 0 Å². The van der Waals surface area contributed by atoms with Gasteiger partial charge in [0.25, 0.3) is 0 Å². The minimum atomic E-state index is -0.233. The van der Waals surface area contributed by atoms with Gasteiger partial charge in [-0.15, -0.1) is 0 Å². The number of hydrogen-bond donors (Lipinski definition) is 1. The Labute approximate surface area is 108 Å². The smallest absolute Gasteiger partial charge is 0.174 e. The molecule has 0 aliphatic heterocycles. The summed E-state index contributed by atoms with van der Waals surface area (Å²) in [6, 6.07) is 8.24. The number of allylic oxidation sites excluding steroid dienone is 2. The van der Waals surface area contributed by atoms with Crippen LogP contribution in [0.2, 0.25) is 10.0 Å². The number of nitrogens with two attached hydrogens (primary N) is 1. The van der Waals surface area contributed by atoms with Gasteiger partial charge in [0.2, 0.25) is 0 Å². The Hall–Kier alpha value is -2.01. The third kappa shape index (κ3) is 3.49. The van der Waals surface area contributed by atoms with Gasteiger partial charge in [0.15, 0.2) is 5.70 Å². The molecule has 1 aromatic rings. The molecule has 0 fully saturated rings. The molecule has 17 heavy (non-hydrogen) atoms. The van der Waals surface area contributed by atoms with E-state index < -0.39 is 0 Å². The SMILES string of the molecule is N#C/C(N)=C(C#N)\N=C\c1ccc(Cl)c(Cl)c1. The molecule has 0 saturated heterocycles. The second-order valence-electron chi connectivity index (χ2n) is 2.92. The van der Waals surface area contributed by atoms with E-state index >= 15 is 0 Å². The van der Waals surface area contributed by atoms with Crippen molar-refractivity contribution in [3.8, 4) is 12.1 Å². The number of nitrogens with zero attached hydrogens (tertiary/aromatic N) is 3. The predicted octanol–water partition coefficient (Wildman–Crippen LogP) is 2.63. The first-order valence-corrected chi connectivity index (χ1v) is 5.13. The maximum absolute atomic E-state index is 8.70. The first-order chi connectivity index (χ1) is 8.08. The molecule has 0 saturated carbocycles. The maximum Gasteiger partial charge on any atom is 0.174 e. The van der Waals surface area contributed by atoms with Crippen molar-refractivity contribution in [2.75, 3.05) is 0 Å². The number of rotatable bonds is 2. The van der Waals surface area contributed by atoms with Crippen molar-refractivity contribution in [1.29, 1.82) is 10.5 Å². The molecule has 4 nitrogen and oxygen atoms in total. The first-order valence-electron chi connectivity index (χ1n) is 4.37. The summed E-state index contributed by atoms with van der Waals surface area (Å²) < 4.78 is 0. The van der Waals surface area contributed by atoms with Gasteiger partial charge in [0, 0.05) is 6.21 Å². The fourth-order valence-electron chi connectivity index (χ4n) is 0.943. The van der Waals surface area contributed by atoms with Crippen LogP contribution in [0, 0.1) is 22.7 Å². The molecule has 0 spiro atoms. The van der Waals surface area contributed by atoms with E-state index in [2.05, 4.69) is 4.99 Å². The second kappa shape index (κ2) is 5.91. The van der Waals surface area contributed by atoms with Crippen LogP contribution in [0.15, 0.2) is 34.6 Å². The minimum absolute atomic E-state index is 0.140. The van der Waals surface area contributed by atoms with Gasteiger partial charge in [-0.25, -0.2) is 4.99 Å². The summed E-state index contributed by atoms with van der Waals surface area (Å²) in [6.07, 6.45) is 1.38. The van der Waals surface area contributed by atoms with Crippen LogP contribution in [0.1, 0.15) is 5.56 Å². The Morgan fingerprint density at radius 2 is 1.94 bits per heavy atom. The number of hydrogen-bond acceptors (Lipinski definition) is 4. The van der Waals surface area contributed by atoms with Crippen LogP contribution in [0.25, 0.3) is 0 Å². The zero-order valence-electron chi connectivity index (χ0n) is 8.48. The molecule has 84 valence electrons. The lowest BCUT2D eigenvalue weighted by Crippen LogP contribution is -1.97. The number of aliphatic imine (C=N–C) groups is 1. The van der Waals surface area contributed by atoms with E-state index in [1.807, 2.05) is 0 Å². The summed E-state index contributed by atoms with van der Waals surface area (Å²) in [6.45, 7) is 0. The van der Waals surface area contributed by atoms with Gasteiger partial charge in [-0.2, -0.15) is 10.5 Å². The first kappa shape index (κ1) is 13.1. The average molecular weight is 265 g/mol. The molecular formula is C11H6Cl2N4. The fraction of sp³-hybridized carbons (Fsp3) is 0. The Morgan fingerprint density at radius 3 is 2.47 bits per heavy atom. The fourth-order valence-corrected chi connectivity index (χ4v) is 1.25. The van der Waals surface area contributed by atoms with Crippen molar-refractivity contribution in [3.63, 3.8) is 0 Å². The van der Waals surface area contributed by atoms with Crippen molar-refractivity contribution in [3.05, 3.63) is 45.2 Å². The lowest BCUT2D eigenvalue weighted by atomic mass is 10.2. The van der Waals surface area contributed by atoms with Gasteiger partial charge in [0.1, 0.15) is 17.8 Å². The Morgan fingerprint density at radius 1 is 1.24 bits per heavy atom. The molecule has 0 bridgehead atoms. The predicted molar refractivity (Wildman–Crippen MR) is 66.5 cm³/mol. The monoisotopic (exact) mass is 264 g/mol. The Balaban J connectivity index is 3.04. The third-order valence-electron chi connectivity index (χ3n) is 1.77. The van der Waals surface area contributed by atoms with E-state index in [0.29, 0.717) is 15.6 Å². The van der Waals surface area contributed by atoms with E-state index in [1.54, 1.807) is 30.3 Å². The zero-order chi connectivity index (χ0) is 12.8. The zero-order valence-corrected chi connectivity index (χ0v) is 10.00. The van der Waals surface area contributed by atoms with Gasteiger partial charge in [-0.3, -0.25) is 0 Å². The molecule has 0 heterocycles. The molecule has 0 amide bonds. The topological polar surface area (TPSA) is 86.0 Å². The summed E-state index contributed by atoms with van der Waals surface area (Å²) in [4.78, 5) is 3.80. The molecule has 0 radical (unpaired) electrons. The van der Waals surface area contributed by atoms with Gasteiger partial charge < -0.3 is 5.73 Å². The van der Waals surface area contributed by atoms with Crippen LogP contribution in [-0.2, 0) is 0 Å². The van der Waals surface area contributed by atoms with Gasteiger partial charge in [0.05, 0.1) is 10.0 Å². The Bertz CT molecular complexity index is 576. The lowest BCUT2D eigenvalue weighted by molar-refractivity contribution is 1.27. The lowest BCUT2D eigenvalue weighted by Gasteiger charge is -1.97. The minimum Gasteiger partial charge on any atom is -0.388 e. The van der Waals surface area contributed by atoms with Crippen molar-refractivity contribution in [1.82, 2.24) is 0 Å². The molecule has 1 rings (SSSR count). The summed E-state index contributed by atoms with van der Waals surface area (Å²) in [5, 5.41) is 18.0. The van der Waals surface area contributed by atoms with E-state index in [0.717, 1.165) is 0 Å².